The third-order valence-electron chi connectivity index (χ3n) is 1.81. The maximum absolute atomic E-state index is 11.6. The standard InChI is InChI=1S/C11H13ClO2/c1-3-14-10-7-5-4-6-9(10)11(13)8(2)12/h4-8H,3H2,1-2H3. The molecule has 0 aliphatic heterocycles. The van der Waals surface area contributed by atoms with Crippen molar-refractivity contribution >= 4 is 17.4 Å². The van der Waals surface area contributed by atoms with E-state index in [1.54, 1.807) is 25.1 Å². The zero-order valence-electron chi connectivity index (χ0n) is 8.29. The molecule has 1 atom stereocenters. The second-order valence-corrected chi connectivity index (χ2v) is 3.56. The Bertz CT molecular complexity index is 321. The van der Waals surface area contributed by atoms with Crippen molar-refractivity contribution in [2.75, 3.05) is 6.61 Å². The van der Waals surface area contributed by atoms with Gasteiger partial charge in [0.15, 0.2) is 5.78 Å². The van der Waals surface area contributed by atoms with Gasteiger partial charge in [0, 0.05) is 0 Å². The Balaban J connectivity index is 3.00. The fourth-order valence-electron chi connectivity index (χ4n) is 1.17. The molecule has 3 heteroatoms. The molecule has 0 amide bonds. The van der Waals surface area contributed by atoms with Gasteiger partial charge in [0.1, 0.15) is 5.75 Å². The lowest BCUT2D eigenvalue weighted by molar-refractivity contribution is 0.0988. The van der Waals surface area contributed by atoms with Gasteiger partial charge in [0.2, 0.25) is 0 Å². The second-order valence-electron chi connectivity index (χ2n) is 2.91. The van der Waals surface area contributed by atoms with Crippen LogP contribution in [0.5, 0.6) is 5.75 Å². The van der Waals surface area contributed by atoms with Gasteiger partial charge in [0.25, 0.3) is 0 Å². The third kappa shape index (κ3) is 2.48. The quantitative estimate of drug-likeness (QED) is 0.567. The minimum absolute atomic E-state index is 0.101. The first kappa shape index (κ1) is 11.1. The predicted molar refractivity (Wildman–Crippen MR) is 57.3 cm³/mol. The van der Waals surface area contributed by atoms with E-state index in [-0.39, 0.29) is 5.78 Å². The Labute approximate surface area is 88.8 Å². The number of halogens is 1. The first-order valence-corrected chi connectivity index (χ1v) is 5.00. The van der Waals surface area contributed by atoms with Crippen molar-refractivity contribution in [1.29, 1.82) is 0 Å². The number of carbonyl (C=O) groups excluding carboxylic acids is 1. The van der Waals surface area contributed by atoms with E-state index < -0.39 is 5.38 Å². The Kier molecular flexibility index (Phi) is 3.96. The maximum atomic E-state index is 11.6. The van der Waals surface area contributed by atoms with Crippen molar-refractivity contribution in [3.05, 3.63) is 29.8 Å². The van der Waals surface area contributed by atoms with Gasteiger partial charge >= 0.3 is 0 Å². The Morgan fingerprint density at radius 1 is 1.50 bits per heavy atom. The third-order valence-corrected chi connectivity index (χ3v) is 2.01. The molecule has 1 rings (SSSR count). The molecule has 0 bridgehead atoms. The predicted octanol–water partition coefficient (Wildman–Crippen LogP) is 2.90. The molecule has 0 saturated heterocycles. The van der Waals surface area contributed by atoms with Crippen molar-refractivity contribution in [3.63, 3.8) is 0 Å². The van der Waals surface area contributed by atoms with Crippen LogP contribution in [0.1, 0.15) is 24.2 Å². The van der Waals surface area contributed by atoms with E-state index in [0.717, 1.165) is 0 Å². The number of carbonyl (C=O) groups is 1. The van der Waals surface area contributed by atoms with Crippen LogP contribution < -0.4 is 4.74 Å². The Hall–Kier alpha value is -1.02. The molecular weight excluding hydrogens is 200 g/mol. The van der Waals surface area contributed by atoms with Gasteiger partial charge in [-0.2, -0.15) is 0 Å². The van der Waals surface area contributed by atoms with E-state index >= 15 is 0 Å². The molecule has 0 heterocycles. The molecular formula is C11H13ClO2. The van der Waals surface area contributed by atoms with Crippen LogP contribution in [0.4, 0.5) is 0 Å². The summed E-state index contributed by atoms with van der Waals surface area (Å²) in [6.45, 7) is 4.08. The van der Waals surface area contributed by atoms with Crippen LogP contribution in [0.3, 0.4) is 0 Å². The van der Waals surface area contributed by atoms with E-state index in [2.05, 4.69) is 0 Å². The van der Waals surface area contributed by atoms with Gasteiger partial charge in [-0.3, -0.25) is 4.79 Å². The molecule has 0 radical (unpaired) electrons. The summed E-state index contributed by atoms with van der Waals surface area (Å²) in [5, 5.41) is -0.517. The van der Waals surface area contributed by atoms with Gasteiger partial charge in [0.05, 0.1) is 17.5 Å². The number of ketones is 1. The highest BCUT2D eigenvalue weighted by atomic mass is 35.5. The molecule has 76 valence electrons. The number of Topliss-reactive ketones (excluding diaryl/α,β-unsaturated/α-hetero) is 1. The molecule has 0 aromatic heterocycles. The van der Waals surface area contributed by atoms with Crippen LogP contribution in [0.25, 0.3) is 0 Å². The molecule has 0 aliphatic rings. The fourth-order valence-corrected chi connectivity index (χ4v) is 1.28. The zero-order chi connectivity index (χ0) is 10.6. The van der Waals surface area contributed by atoms with E-state index in [1.807, 2.05) is 13.0 Å². The number of benzene rings is 1. The number of hydrogen-bond acceptors (Lipinski definition) is 2. The average Bonchev–Trinajstić information content (AvgIpc) is 2.18. The summed E-state index contributed by atoms with van der Waals surface area (Å²) >= 11 is 5.73. The van der Waals surface area contributed by atoms with E-state index in [1.165, 1.54) is 0 Å². The van der Waals surface area contributed by atoms with Crippen molar-refractivity contribution in [2.24, 2.45) is 0 Å². The Morgan fingerprint density at radius 3 is 2.71 bits per heavy atom. The lowest BCUT2D eigenvalue weighted by atomic mass is 10.1. The lowest BCUT2D eigenvalue weighted by Gasteiger charge is -2.09. The van der Waals surface area contributed by atoms with E-state index in [0.29, 0.717) is 17.9 Å². The van der Waals surface area contributed by atoms with Crippen LogP contribution in [0.15, 0.2) is 24.3 Å². The van der Waals surface area contributed by atoms with E-state index in [9.17, 15) is 4.79 Å². The maximum Gasteiger partial charge on any atom is 0.184 e. The average molecular weight is 213 g/mol. The zero-order valence-corrected chi connectivity index (χ0v) is 9.04. The molecule has 14 heavy (non-hydrogen) atoms. The van der Waals surface area contributed by atoms with Crippen molar-refractivity contribution in [3.8, 4) is 5.75 Å². The summed E-state index contributed by atoms with van der Waals surface area (Å²) in [5.41, 5.74) is 0.553. The van der Waals surface area contributed by atoms with Gasteiger partial charge in [-0.1, -0.05) is 12.1 Å². The number of para-hydroxylation sites is 1. The van der Waals surface area contributed by atoms with Gasteiger partial charge in [-0.25, -0.2) is 0 Å². The molecule has 1 unspecified atom stereocenters. The largest absolute Gasteiger partial charge is 0.493 e. The molecule has 0 fully saturated rings. The van der Waals surface area contributed by atoms with E-state index in [4.69, 9.17) is 16.3 Å². The van der Waals surface area contributed by atoms with Crippen LogP contribution in [0.2, 0.25) is 0 Å². The molecule has 0 saturated carbocycles. The minimum Gasteiger partial charge on any atom is -0.493 e. The van der Waals surface area contributed by atoms with Crippen molar-refractivity contribution in [2.45, 2.75) is 19.2 Å². The summed E-state index contributed by atoms with van der Waals surface area (Å²) in [6, 6.07) is 7.14. The summed E-state index contributed by atoms with van der Waals surface area (Å²) < 4.78 is 5.33. The molecule has 0 N–H and O–H groups in total. The van der Waals surface area contributed by atoms with Gasteiger partial charge in [-0.05, 0) is 26.0 Å². The fraction of sp³-hybridized carbons (Fsp3) is 0.364. The Morgan fingerprint density at radius 2 is 2.14 bits per heavy atom. The summed E-state index contributed by atoms with van der Waals surface area (Å²) in [7, 11) is 0. The van der Waals surface area contributed by atoms with Crippen molar-refractivity contribution < 1.29 is 9.53 Å². The second kappa shape index (κ2) is 5.01. The number of ether oxygens (including phenoxy) is 1. The summed E-state index contributed by atoms with van der Waals surface area (Å²) in [6.07, 6.45) is 0. The number of alkyl halides is 1. The first-order chi connectivity index (χ1) is 6.66. The molecule has 0 spiro atoms. The smallest absolute Gasteiger partial charge is 0.184 e. The number of hydrogen-bond donors (Lipinski definition) is 0. The van der Waals surface area contributed by atoms with Crippen LogP contribution in [-0.4, -0.2) is 17.8 Å². The minimum atomic E-state index is -0.517. The van der Waals surface area contributed by atoms with Crippen LogP contribution in [0, 0.1) is 0 Å². The first-order valence-electron chi connectivity index (χ1n) is 4.57. The highest BCUT2D eigenvalue weighted by Gasteiger charge is 2.16. The molecule has 1 aromatic rings. The SMILES string of the molecule is CCOc1ccccc1C(=O)C(C)Cl. The number of rotatable bonds is 4. The summed E-state index contributed by atoms with van der Waals surface area (Å²) in [4.78, 5) is 11.6. The summed E-state index contributed by atoms with van der Waals surface area (Å²) in [5.74, 6) is 0.503. The molecule has 0 aliphatic carbocycles. The van der Waals surface area contributed by atoms with Gasteiger partial charge < -0.3 is 4.74 Å². The topological polar surface area (TPSA) is 26.3 Å². The van der Waals surface area contributed by atoms with Gasteiger partial charge in [-0.15, -0.1) is 11.6 Å². The van der Waals surface area contributed by atoms with Crippen molar-refractivity contribution in [1.82, 2.24) is 0 Å². The highest BCUT2D eigenvalue weighted by molar-refractivity contribution is 6.33. The highest BCUT2D eigenvalue weighted by Crippen LogP contribution is 2.20. The lowest BCUT2D eigenvalue weighted by Crippen LogP contribution is -2.12. The molecule has 1 aromatic carbocycles. The normalized spacial score (nSPS) is 12.2. The molecule has 2 nitrogen and oxygen atoms in total. The monoisotopic (exact) mass is 212 g/mol. The van der Waals surface area contributed by atoms with Crippen LogP contribution in [-0.2, 0) is 0 Å². The van der Waals surface area contributed by atoms with Crippen LogP contribution >= 0.6 is 11.6 Å².